The second-order valence-electron chi connectivity index (χ2n) is 4.92. The van der Waals surface area contributed by atoms with Gasteiger partial charge in [-0.2, -0.15) is 4.98 Å². The van der Waals surface area contributed by atoms with Gasteiger partial charge in [-0.15, -0.1) is 0 Å². The Morgan fingerprint density at radius 1 is 1.25 bits per heavy atom. The Hall–Kier alpha value is -1.85. The van der Waals surface area contributed by atoms with Gasteiger partial charge in [0.2, 0.25) is 5.95 Å². The monoisotopic (exact) mass is 289 g/mol. The Labute approximate surface area is 122 Å². The predicted octanol–water partition coefficient (Wildman–Crippen LogP) is 2.41. The average molecular weight is 290 g/mol. The molecule has 0 unspecified atom stereocenters. The quantitative estimate of drug-likeness (QED) is 0.804. The SMILES string of the molecule is NCc1ccc(Cl)cc1-c1cc(NC2CC2)nc(N)n1. The van der Waals surface area contributed by atoms with E-state index in [0.717, 1.165) is 22.6 Å². The van der Waals surface area contributed by atoms with Gasteiger partial charge < -0.3 is 16.8 Å². The van der Waals surface area contributed by atoms with Gasteiger partial charge in [0.1, 0.15) is 5.82 Å². The van der Waals surface area contributed by atoms with E-state index < -0.39 is 0 Å². The van der Waals surface area contributed by atoms with E-state index in [1.54, 1.807) is 0 Å². The second kappa shape index (κ2) is 5.26. The summed E-state index contributed by atoms with van der Waals surface area (Å²) in [5.41, 5.74) is 14.2. The smallest absolute Gasteiger partial charge is 0.222 e. The normalized spacial score (nSPS) is 14.3. The summed E-state index contributed by atoms with van der Waals surface area (Å²) in [6.45, 7) is 0.418. The lowest BCUT2D eigenvalue weighted by atomic mass is 10.0. The fraction of sp³-hybridized carbons (Fsp3) is 0.286. The highest BCUT2D eigenvalue weighted by Gasteiger charge is 2.22. The molecule has 1 fully saturated rings. The van der Waals surface area contributed by atoms with Crippen molar-refractivity contribution in [3.05, 3.63) is 34.9 Å². The number of nitrogens with one attached hydrogen (secondary N) is 1. The van der Waals surface area contributed by atoms with Crippen LogP contribution in [-0.2, 0) is 6.54 Å². The highest BCUT2D eigenvalue weighted by molar-refractivity contribution is 6.30. The van der Waals surface area contributed by atoms with Crippen molar-refractivity contribution < 1.29 is 0 Å². The van der Waals surface area contributed by atoms with E-state index in [0.29, 0.717) is 17.6 Å². The summed E-state index contributed by atoms with van der Waals surface area (Å²) < 4.78 is 0. The number of anilines is 2. The number of halogens is 1. The molecule has 3 rings (SSSR count). The highest BCUT2D eigenvalue weighted by Crippen LogP contribution is 2.29. The molecule has 5 N–H and O–H groups in total. The Bertz CT molecular complexity index is 639. The molecule has 6 heteroatoms. The molecule has 5 nitrogen and oxygen atoms in total. The summed E-state index contributed by atoms with van der Waals surface area (Å²) in [5.74, 6) is 0.992. The van der Waals surface area contributed by atoms with E-state index in [1.807, 2.05) is 24.3 Å². The van der Waals surface area contributed by atoms with Crippen molar-refractivity contribution in [3.63, 3.8) is 0 Å². The third kappa shape index (κ3) is 2.84. The minimum atomic E-state index is 0.244. The Kier molecular flexibility index (Phi) is 3.46. The first kappa shape index (κ1) is 13.1. The first-order chi connectivity index (χ1) is 9.65. The molecular formula is C14H16ClN5. The zero-order chi connectivity index (χ0) is 14.1. The van der Waals surface area contributed by atoms with Crippen molar-refractivity contribution in [1.82, 2.24) is 9.97 Å². The lowest BCUT2D eigenvalue weighted by Gasteiger charge is -2.11. The highest BCUT2D eigenvalue weighted by atomic mass is 35.5. The third-order valence-electron chi connectivity index (χ3n) is 3.24. The van der Waals surface area contributed by atoms with Gasteiger partial charge >= 0.3 is 0 Å². The van der Waals surface area contributed by atoms with Crippen molar-refractivity contribution in [2.45, 2.75) is 25.4 Å². The molecule has 0 aliphatic heterocycles. The van der Waals surface area contributed by atoms with Crippen LogP contribution in [0.4, 0.5) is 11.8 Å². The summed E-state index contributed by atoms with van der Waals surface area (Å²) in [7, 11) is 0. The van der Waals surface area contributed by atoms with Gasteiger partial charge in [0, 0.05) is 29.2 Å². The molecular weight excluding hydrogens is 274 g/mol. The van der Waals surface area contributed by atoms with Crippen LogP contribution < -0.4 is 16.8 Å². The number of nitrogens with zero attached hydrogens (tertiary/aromatic N) is 2. The Balaban J connectivity index is 2.04. The third-order valence-corrected chi connectivity index (χ3v) is 3.48. The summed E-state index contributed by atoms with van der Waals surface area (Å²) in [4.78, 5) is 8.50. The number of rotatable bonds is 4. The van der Waals surface area contributed by atoms with E-state index in [-0.39, 0.29) is 5.95 Å². The molecule has 1 heterocycles. The van der Waals surface area contributed by atoms with Gasteiger partial charge in [-0.1, -0.05) is 17.7 Å². The van der Waals surface area contributed by atoms with Gasteiger partial charge in [-0.25, -0.2) is 4.98 Å². The first-order valence-corrected chi connectivity index (χ1v) is 6.93. The maximum absolute atomic E-state index is 6.07. The summed E-state index contributed by atoms with van der Waals surface area (Å²) >= 11 is 6.07. The predicted molar refractivity (Wildman–Crippen MR) is 81.4 cm³/mol. The maximum atomic E-state index is 6.07. The summed E-state index contributed by atoms with van der Waals surface area (Å²) in [6.07, 6.45) is 2.34. The van der Waals surface area contributed by atoms with Crippen LogP contribution in [-0.4, -0.2) is 16.0 Å². The van der Waals surface area contributed by atoms with E-state index in [1.165, 1.54) is 12.8 Å². The van der Waals surface area contributed by atoms with Crippen LogP contribution in [0.25, 0.3) is 11.3 Å². The van der Waals surface area contributed by atoms with Crippen LogP contribution in [0.2, 0.25) is 5.02 Å². The molecule has 1 saturated carbocycles. The van der Waals surface area contributed by atoms with Crippen molar-refractivity contribution in [3.8, 4) is 11.3 Å². The molecule has 0 spiro atoms. The molecule has 1 aliphatic rings. The van der Waals surface area contributed by atoms with Crippen LogP contribution in [0.5, 0.6) is 0 Å². The van der Waals surface area contributed by atoms with Crippen LogP contribution in [0.1, 0.15) is 18.4 Å². The minimum Gasteiger partial charge on any atom is -0.368 e. The number of hydrogen-bond acceptors (Lipinski definition) is 5. The van der Waals surface area contributed by atoms with E-state index >= 15 is 0 Å². The van der Waals surface area contributed by atoms with Gasteiger partial charge in [0.15, 0.2) is 0 Å². The van der Waals surface area contributed by atoms with Crippen molar-refractivity contribution in [2.24, 2.45) is 5.73 Å². The largest absolute Gasteiger partial charge is 0.368 e. The lowest BCUT2D eigenvalue weighted by molar-refractivity contribution is 1.06. The van der Waals surface area contributed by atoms with Crippen LogP contribution in [0.3, 0.4) is 0 Å². The van der Waals surface area contributed by atoms with E-state index in [2.05, 4.69) is 15.3 Å². The van der Waals surface area contributed by atoms with Crippen LogP contribution in [0.15, 0.2) is 24.3 Å². The van der Waals surface area contributed by atoms with Gasteiger partial charge in [0.25, 0.3) is 0 Å². The second-order valence-corrected chi connectivity index (χ2v) is 5.36. The molecule has 1 aromatic carbocycles. The average Bonchev–Trinajstić information content (AvgIpc) is 3.22. The molecule has 1 aliphatic carbocycles. The van der Waals surface area contributed by atoms with Crippen molar-refractivity contribution in [2.75, 3.05) is 11.1 Å². The molecule has 0 radical (unpaired) electrons. The Morgan fingerprint density at radius 3 is 2.75 bits per heavy atom. The van der Waals surface area contributed by atoms with Gasteiger partial charge in [-0.3, -0.25) is 0 Å². The van der Waals surface area contributed by atoms with Crippen LogP contribution >= 0.6 is 11.6 Å². The minimum absolute atomic E-state index is 0.244. The molecule has 0 amide bonds. The zero-order valence-corrected chi connectivity index (χ0v) is 11.7. The van der Waals surface area contributed by atoms with Crippen LogP contribution in [0, 0.1) is 0 Å². The number of benzene rings is 1. The fourth-order valence-electron chi connectivity index (χ4n) is 2.08. The summed E-state index contributed by atoms with van der Waals surface area (Å²) in [6, 6.07) is 7.97. The molecule has 0 atom stereocenters. The molecule has 0 bridgehead atoms. The zero-order valence-electron chi connectivity index (χ0n) is 10.9. The Morgan fingerprint density at radius 2 is 2.05 bits per heavy atom. The molecule has 20 heavy (non-hydrogen) atoms. The van der Waals surface area contributed by atoms with E-state index in [4.69, 9.17) is 23.1 Å². The van der Waals surface area contributed by atoms with E-state index in [9.17, 15) is 0 Å². The fourth-order valence-corrected chi connectivity index (χ4v) is 2.25. The summed E-state index contributed by atoms with van der Waals surface area (Å²) in [5, 5.41) is 3.97. The van der Waals surface area contributed by atoms with Crippen molar-refractivity contribution in [1.29, 1.82) is 0 Å². The molecule has 1 aromatic heterocycles. The number of hydrogen-bond donors (Lipinski definition) is 3. The topological polar surface area (TPSA) is 89.8 Å². The number of nitrogens with two attached hydrogens (primary N) is 2. The van der Waals surface area contributed by atoms with Gasteiger partial charge in [-0.05, 0) is 30.5 Å². The standard InChI is InChI=1S/C14H16ClN5/c15-9-2-1-8(7-16)11(5-9)12-6-13(18-10-3-4-10)20-14(17)19-12/h1-2,5-6,10H,3-4,7,16H2,(H3,17,18,19,20). The lowest BCUT2D eigenvalue weighted by Crippen LogP contribution is -2.07. The molecule has 104 valence electrons. The number of aromatic nitrogens is 2. The number of nitrogen functional groups attached to an aromatic ring is 1. The van der Waals surface area contributed by atoms with Crippen molar-refractivity contribution >= 4 is 23.4 Å². The molecule has 2 aromatic rings. The maximum Gasteiger partial charge on any atom is 0.222 e. The molecule has 0 saturated heterocycles. The first-order valence-electron chi connectivity index (χ1n) is 6.55. The van der Waals surface area contributed by atoms with Gasteiger partial charge in [0.05, 0.1) is 5.69 Å².